The first-order chi connectivity index (χ1) is 26.0. The smallest absolute Gasteiger partial charge is 0.305 e. The van der Waals surface area contributed by atoms with Gasteiger partial charge in [-0.05, 0) is 83.3 Å². The lowest BCUT2D eigenvalue weighted by Crippen LogP contribution is -2.32. The highest BCUT2D eigenvalue weighted by Gasteiger charge is 2.14. The van der Waals surface area contributed by atoms with Crippen molar-refractivity contribution in [2.45, 2.75) is 233 Å². The Labute approximate surface area is 331 Å². The molecular weight excluding hydrogens is 657 g/mol. The fraction of sp³-hybridized carbons (Fsp3) is 0.957. The van der Waals surface area contributed by atoms with Crippen molar-refractivity contribution < 1.29 is 19.1 Å². The number of hydrogen-bond acceptors (Lipinski definition) is 6. The van der Waals surface area contributed by atoms with E-state index < -0.39 is 0 Å². The predicted molar refractivity (Wildman–Crippen MR) is 230 cm³/mol. The summed E-state index contributed by atoms with van der Waals surface area (Å²) in [6, 6.07) is 0. The first-order valence-corrected chi connectivity index (χ1v) is 23.7. The molecule has 2 atom stereocenters. The van der Waals surface area contributed by atoms with Crippen molar-refractivity contribution in [3.8, 4) is 0 Å². The van der Waals surface area contributed by atoms with E-state index in [0.717, 1.165) is 64.7 Å². The molecule has 316 valence electrons. The maximum Gasteiger partial charge on any atom is 0.305 e. The second-order valence-electron chi connectivity index (χ2n) is 16.5. The molecule has 0 rings (SSSR count). The van der Waals surface area contributed by atoms with Crippen LogP contribution in [0.25, 0.3) is 0 Å². The molecule has 0 aliphatic rings. The lowest BCUT2D eigenvalue weighted by Gasteiger charge is -2.22. The minimum atomic E-state index is -0.00244. The highest BCUT2D eigenvalue weighted by molar-refractivity contribution is 5.69. The number of ether oxygens (including phenoxy) is 2. The van der Waals surface area contributed by atoms with Crippen molar-refractivity contribution in [2.75, 3.05) is 46.4 Å². The van der Waals surface area contributed by atoms with E-state index in [9.17, 15) is 9.59 Å². The van der Waals surface area contributed by atoms with E-state index >= 15 is 0 Å². The van der Waals surface area contributed by atoms with Crippen LogP contribution in [0.3, 0.4) is 0 Å². The molecule has 6 heteroatoms. The van der Waals surface area contributed by atoms with Crippen molar-refractivity contribution >= 4 is 11.9 Å². The second-order valence-corrected chi connectivity index (χ2v) is 16.5. The van der Waals surface area contributed by atoms with Gasteiger partial charge in [0, 0.05) is 25.9 Å². The van der Waals surface area contributed by atoms with Crippen LogP contribution in [0.5, 0.6) is 0 Å². The van der Waals surface area contributed by atoms with Gasteiger partial charge in [-0.2, -0.15) is 0 Å². The molecule has 6 nitrogen and oxygen atoms in total. The summed E-state index contributed by atoms with van der Waals surface area (Å²) >= 11 is 0. The largest absolute Gasteiger partial charge is 0.465 e. The summed E-state index contributed by atoms with van der Waals surface area (Å²) in [6.45, 7) is 14.5. The first-order valence-electron chi connectivity index (χ1n) is 23.7. The van der Waals surface area contributed by atoms with Gasteiger partial charge in [-0.25, -0.2) is 0 Å². The van der Waals surface area contributed by atoms with Crippen LogP contribution in [-0.4, -0.2) is 63.3 Å². The summed E-state index contributed by atoms with van der Waals surface area (Å²) in [5.41, 5.74) is 0. The number of rotatable bonds is 43. The molecule has 2 unspecified atom stereocenters. The molecular formula is C47H94N2O4. The van der Waals surface area contributed by atoms with Crippen LogP contribution in [0.2, 0.25) is 0 Å². The average molecular weight is 751 g/mol. The summed E-state index contributed by atoms with van der Waals surface area (Å²) in [5.74, 6) is 1.06. The molecule has 0 aromatic rings. The molecule has 0 aliphatic heterocycles. The van der Waals surface area contributed by atoms with Gasteiger partial charge < -0.3 is 19.7 Å². The van der Waals surface area contributed by atoms with Crippen LogP contribution in [0.4, 0.5) is 0 Å². The maximum atomic E-state index is 12.6. The summed E-state index contributed by atoms with van der Waals surface area (Å²) in [7, 11) is 2.02. The third kappa shape index (κ3) is 37.6. The topological polar surface area (TPSA) is 67.9 Å². The molecule has 0 fully saturated rings. The van der Waals surface area contributed by atoms with Crippen LogP contribution in [0, 0.1) is 11.8 Å². The Morgan fingerprint density at radius 1 is 0.434 bits per heavy atom. The lowest BCUT2D eigenvalue weighted by atomic mass is 9.95. The molecule has 0 spiro atoms. The van der Waals surface area contributed by atoms with E-state index in [-0.39, 0.29) is 11.9 Å². The molecule has 0 radical (unpaired) electrons. The summed E-state index contributed by atoms with van der Waals surface area (Å²) in [5, 5.41) is 3.30. The number of nitrogens with one attached hydrogen (secondary N) is 1. The molecule has 1 N–H and O–H groups in total. The van der Waals surface area contributed by atoms with E-state index in [2.05, 4.69) is 37.9 Å². The Bertz CT molecular complexity index is 705. The van der Waals surface area contributed by atoms with Gasteiger partial charge in [0.2, 0.25) is 0 Å². The van der Waals surface area contributed by atoms with E-state index in [1.165, 1.54) is 154 Å². The van der Waals surface area contributed by atoms with Gasteiger partial charge >= 0.3 is 11.9 Å². The van der Waals surface area contributed by atoms with Crippen molar-refractivity contribution in [3.63, 3.8) is 0 Å². The van der Waals surface area contributed by atoms with Crippen LogP contribution in [0.15, 0.2) is 0 Å². The number of likely N-dealkylation sites (N-methyl/N-ethyl adjacent to an activating group) is 1. The third-order valence-electron chi connectivity index (χ3n) is 11.2. The molecule has 0 aromatic carbocycles. The highest BCUT2D eigenvalue weighted by atomic mass is 16.5. The summed E-state index contributed by atoms with van der Waals surface area (Å²) in [4.78, 5) is 27.8. The van der Waals surface area contributed by atoms with E-state index in [0.29, 0.717) is 37.9 Å². The van der Waals surface area contributed by atoms with Crippen molar-refractivity contribution in [2.24, 2.45) is 11.8 Å². The van der Waals surface area contributed by atoms with Gasteiger partial charge in [-0.15, -0.1) is 0 Å². The molecule has 0 aliphatic carbocycles. The number of esters is 2. The minimum absolute atomic E-state index is 0.00244. The van der Waals surface area contributed by atoms with E-state index in [4.69, 9.17) is 9.47 Å². The van der Waals surface area contributed by atoms with E-state index in [1.807, 2.05) is 7.05 Å². The fourth-order valence-corrected chi connectivity index (χ4v) is 7.50. The summed E-state index contributed by atoms with van der Waals surface area (Å²) < 4.78 is 11.6. The number of unbranched alkanes of at least 4 members (excludes halogenated alkanes) is 20. The molecule has 0 aromatic heterocycles. The fourth-order valence-electron chi connectivity index (χ4n) is 7.50. The lowest BCUT2D eigenvalue weighted by molar-refractivity contribution is -0.146. The molecule has 0 bridgehead atoms. The molecule has 0 saturated carbocycles. The van der Waals surface area contributed by atoms with Crippen molar-refractivity contribution in [1.29, 1.82) is 0 Å². The molecule has 53 heavy (non-hydrogen) atoms. The van der Waals surface area contributed by atoms with Crippen molar-refractivity contribution in [3.05, 3.63) is 0 Å². The normalized spacial score (nSPS) is 12.7. The van der Waals surface area contributed by atoms with Gasteiger partial charge in [-0.3, -0.25) is 9.59 Å². The van der Waals surface area contributed by atoms with E-state index in [1.54, 1.807) is 0 Å². The monoisotopic (exact) mass is 751 g/mol. The molecule has 0 heterocycles. The van der Waals surface area contributed by atoms with Gasteiger partial charge in [0.15, 0.2) is 0 Å². The highest BCUT2D eigenvalue weighted by Crippen LogP contribution is 2.21. The zero-order valence-electron chi connectivity index (χ0n) is 36.6. The van der Waals surface area contributed by atoms with Crippen molar-refractivity contribution in [1.82, 2.24) is 10.2 Å². The summed E-state index contributed by atoms with van der Waals surface area (Å²) in [6.07, 6.45) is 38.3. The van der Waals surface area contributed by atoms with Gasteiger partial charge in [0.25, 0.3) is 0 Å². The Morgan fingerprint density at radius 2 is 0.755 bits per heavy atom. The standard InChI is InChI=1S/C47H94N2O4/c1-6-10-14-18-20-26-34-44(32-24-16-12-8-3)42-52-46(50)36-28-22-30-39-49(41-38-48-5)40-31-23-29-37-47(51)53-43-45(33-25-17-13-9-4)35-27-21-19-15-11-7-2/h44-45,48H,6-43H2,1-5H3. The van der Waals surface area contributed by atoms with Gasteiger partial charge in [0.05, 0.1) is 13.2 Å². The maximum absolute atomic E-state index is 12.6. The quantitative estimate of drug-likeness (QED) is 0.0494. The van der Waals surface area contributed by atoms with Crippen LogP contribution < -0.4 is 5.32 Å². The zero-order valence-corrected chi connectivity index (χ0v) is 36.6. The molecule has 0 amide bonds. The third-order valence-corrected chi connectivity index (χ3v) is 11.2. The van der Waals surface area contributed by atoms with Crippen LogP contribution >= 0.6 is 0 Å². The predicted octanol–water partition coefficient (Wildman–Crippen LogP) is 13.4. The number of carbonyl (C=O) groups is 2. The van der Waals surface area contributed by atoms with Crippen LogP contribution in [0.1, 0.15) is 233 Å². The number of hydrogen-bond donors (Lipinski definition) is 1. The Morgan fingerprint density at radius 3 is 1.11 bits per heavy atom. The zero-order chi connectivity index (χ0) is 38.9. The van der Waals surface area contributed by atoms with Crippen LogP contribution in [-0.2, 0) is 19.1 Å². The van der Waals surface area contributed by atoms with Gasteiger partial charge in [-0.1, -0.05) is 169 Å². The first kappa shape index (κ1) is 51.9. The second kappa shape index (κ2) is 42.0. The SMILES string of the molecule is CCCCCCCCC(CCCCCC)COC(=O)CCCCCN(CCCCCC(=O)OCC(CCCCCC)CCCCCCCC)CCNC. The Hall–Kier alpha value is -1.14. The Balaban J connectivity index is 4.31. The number of nitrogens with zero attached hydrogens (tertiary/aromatic N) is 1. The minimum Gasteiger partial charge on any atom is -0.465 e. The number of carbonyl (C=O) groups excluding carboxylic acids is 2. The molecule has 0 saturated heterocycles. The Kier molecular flexibility index (Phi) is 41.1. The van der Waals surface area contributed by atoms with Gasteiger partial charge in [0.1, 0.15) is 0 Å². The average Bonchev–Trinajstić information content (AvgIpc) is 3.16.